The Kier molecular flexibility index (Phi) is 2.98. The average molecular weight is 185 g/mol. The summed E-state index contributed by atoms with van der Waals surface area (Å²) in [7, 11) is 0. The van der Waals surface area contributed by atoms with E-state index >= 15 is 0 Å². The zero-order chi connectivity index (χ0) is 10.0. The summed E-state index contributed by atoms with van der Waals surface area (Å²) < 4.78 is 24.5. The first-order valence-corrected chi connectivity index (χ1v) is 4.13. The van der Waals surface area contributed by atoms with Crippen LogP contribution >= 0.6 is 0 Å². The summed E-state index contributed by atoms with van der Waals surface area (Å²) in [4.78, 5) is 0. The van der Waals surface area contributed by atoms with E-state index in [0.717, 1.165) is 11.1 Å². The second-order valence-corrected chi connectivity index (χ2v) is 3.22. The molecule has 0 aliphatic rings. The van der Waals surface area contributed by atoms with Crippen molar-refractivity contribution in [3.8, 4) is 0 Å². The normalized spacial score (nSPS) is 13.4. The minimum atomic E-state index is -2.50. The fourth-order valence-corrected chi connectivity index (χ4v) is 1.34. The van der Waals surface area contributed by atoms with Crippen LogP contribution in [0.15, 0.2) is 18.2 Å². The van der Waals surface area contributed by atoms with Crippen molar-refractivity contribution in [3.05, 3.63) is 34.9 Å². The van der Waals surface area contributed by atoms with Gasteiger partial charge in [-0.3, -0.25) is 0 Å². The first kappa shape index (κ1) is 10.1. The lowest BCUT2D eigenvalue weighted by molar-refractivity contribution is 0.116. The van der Waals surface area contributed by atoms with Crippen LogP contribution in [0.1, 0.15) is 22.7 Å². The molecule has 0 amide bonds. The maximum absolute atomic E-state index is 12.3. The molecule has 1 aromatic carbocycles. The van der Waals surface area contributed by atoms with Gasteiger partial charge in [-0.05, 0) is 25.0 Å². The standard InChI is InChI=1S/C10H13F2N/c1-6-3-4-8(7(2)5-6)9(13)10(11)12/h3-5,9-10H,13H2,1-2H3. The fourth-order valence-electron chi connectivity index (χ4n) is 1.34. The zero-order valence-electron chi connectivity index (χ0n) is 7.72. The second-order valence-electron chi connectivity index (χ2n) is 3.22. The molecule has 0 bridgehead atoms. The average Bonchev–Trinajstić information content (AvgIpc) is 2.03. The molecular formula is C10H13F2N. The van der Waals surface area contributed by atoms with Gasteiger partial charge in [-0.1, -0.05) is 23.8 Å². The van der Waals surface area contributed by atoms with Crippen molar-refractivity contribution in [3.63, 3.8) is 0 Å². The van der Waals surface area contributed by atoms with E-state index in [1.165, 1.54) is 0 Å². The van der Waals surface area contributed by atoms with E-state index in [9.17, 15) is 8.78 Å². The van der Waals surface area contributed by atoms with Crippen molar-refractivity contribution in [2.24, 2.45) is 5.73 Å². The minimum Gasteiger partial charge on any atom is -0.319 e. The van der Waals surface area contributed by atoms with E-state index < -0.39 is 12.5 Å². The van der Waals surface area contributed by atoms with E-state index in [0.29, 0.717) is 5.56 Å². The molecule has 1 aromatic rings. The van der Waals surface area contributed by atoms with Gasteiger partial charge in [-0.2, -0.15) is 0 Å². The highest BCUT2D eigenvalue weighted by molar-refractivity contribution is 5.32. The van der Waals surface area contributed by atoms with E-state index in [2.05, 4.69) is 0 Å². The first-order chi connectivity index (χ1) is 6.02. The number of nitrogens with two attached hydrogens (primary N) is 1. The molecule has 72 valence electrons. The number of hydrogen-bond acceptors (Lipinski definition) is 1. The van der Waals surface area contributed by atoms with Crippen molar-refractivity contribution in [2.45, 2.75) is 26.3 Å². The SMILES string of the molecule is Cc1ccc(C(N)C(F)F)c(C)c1. The molecule has 0 spiro atoms. The van der Waals surface area contributed by atoms with Crippen LogP contribution in [0.2, 0.25) is 0 Å². The third-order valence-corrected chi connectivity index (χ3v) is 2.06. The van der Waals surface area contributed by atoms with Crippen LogP contribution in [0.25, 0.3) is 0 Å². The van der Waals surface area contributed by atoms with Crippen LogP contribution in [0.3, 0.4) is 0 Å². The number of rotatable bonds is 2. The lowest BCUT2D eigenvalue weighted by Gasteiger charge is -2.13. The lowest BCUT2D eigenvalue weighted by atomic mass is 10.0. The molecule has 3 heteroatoms. The van der Waals surface area contributed by atoms with E-state index in [-0.39, 0.29) is 0 Å². The van der Waals surface area contributed by atoms with Gasteiger partial charge < -0.3 is 5.73 Å². The van der Waals surface area contributed by atoms with E-state index in [4.69, 9.17) is 5.73 Å². The Morgan fingerprint density at radius 2 is 1.85 bits per heavy atom. The molecule has 0 saturated carbocycles. The Morgan fingerprint density at radius 1 is 1.23 bits per heavy atom. The van der Waals surface area contributed by atoms with Crippen LogP contribution in [0, 0.1) is 13.8 Å². The number of halogens is 2. The number of alkyl halides is 2. The monoisotopic (exact) mass is 185 g/mol. The number of hydrogen-bond donors (Lipinski definition) is 1. The van der Waals surface area contributed by atoms with E-state index in [1.807, 2.05) is 13.0 Å². The molecule has 0 fully saturated rings. The van der Waals surface area contributed by atoms with Crippen molar-refractivity contribution in [1.82, 2.24) is 0 Å². The summed E-state index contributed by atoms with van der Waals surface area (Å²) in [5.74, 6) is 0. The van der Waals surface area contributed by atoms with Crippen LogP contribution in [0.4, 0.5) is 8.78 Å². The molecule has 2 N–H and O–H groups in total. The Bertz CT molecular complexity index is 297. The van der Waals surface area contributed by atoms with Gasteiger partial charge in [-0.25, -0.2) is 8.78 Å². The summed E-state index contributed by atoms with van der Waals surface area (Å²) in [6.07, 6.45) is -2.50. The molecule has 1 nitrogen and oxygen atoms in total. The van der Waals surface area contributed by atoms with Gasteiger partial charge >= 0.3 is 0 Å². The van der Waals surface area contributed by atoms with Crippen LogP contribution < -0.4 is 5.73 Å². The second kappa shape index (κ2) is 3.83. The Balaban J connectivity index is 3.01. The van der Waals surface area contributed by atoms with Crippen molar-refractivity contribution >= 4 is 0 Å². The van der Waals surface area contributed by atoms with Gasteiger partial charge in [-0.15, -0.1) is 0 Å². The molecule has 13 heavy (non-hydrogen) atoms. The molecule has 0 heterocycles. The molecular weight excluding hydrogens is 172 g/mol. The molecule has 0 aliphatic carbocycles. The highest BCUT2D eigenvalue weighted by Crippen LogP contribution is 2.21. The predicted octanol–water partition coefficient (Wildman–Crippen LogP) is 2.57. The molecule has 0 saturated heterocycles. The van der Waals surface area contributed by atoms with Crippen molar-refractivity contribution in [1.29, 1.82) is 0 Å². The molecule has 1 unspecified atom stereocenters. The predicted molar refractivity (Wildman–Crippen MR) is 48.8 cm³/mol. The van der Waals surface area contributed by atoms with Gasteiger partial charge in [0.15, 0.2) is 0 Å². The summed E-state index contributed by atoms with van der Waals surface area (Å²) in [6.45, 7) is 3.72. The molecule has 1 rings (SSSR count). The van der Waals surface area contributed by atoms with E-state index in [1.54, 1.807) is 19.1 Å². The van der Waals surface area contributed by atoms with Crippen LogP contribution in [0.5, 0.6) is 0 Å². The molecule has 0 aromatic heterocycles. The van der Waals surface area contributed by atoms with Gasteiger partial charge in [0.05, 0.1) is 6.04 Å². The Hall–Kier alpha value is -0.960. The lowest BCUT2D eigenvalue weighted by Crippen LogP contribution is -2.19. The van der Waals surface area contributed by atoms with Gasteiger partial charge in [0.2, 0.25) is 0 Å². The first-order valence-electron chi connectivity index (χ1n) is 4.13. The van der Waals surface area contributed by atoms with Crippen LogP contribution in [-0.2, 0) is 0 Å². The fraction of sp³-hybridized carbons (Fsp3) is 0.400. The molecule has 1 atom stereocenters. The van der Waals surface area contributed by atoms with Gasteiger partial charge in [0.1, 0.15) is 0 Å². The molecule has 0 aliphatic heterocycles. The number of aryl methyl sites for hydroxylation is 2. The summed E-state index contributed by atoms with van der Waals surface area (Å²) >= 11 is 0. The summed E-state index contributed by atoms with van der Waals surface area (Å²) in [6, 6.07) is 4.16. The Morgan fingerprint density at radius 3 is 2.31 bits per heavy atom. The minimum absolute atomic E-state index is 0.528. The number of benzene rings is 1. The maximum atomic E-state index is 12.3. The van der Waals surface area contributed by atoms with Crippen molar-refractivity contribution in [2.75, 3.05) is 0 Å². The third-order valence-electron chi connectivity index (χ3n) is 2.06. The quantitative estimate of drug-likeness (QED) is 0.752. The highest BCUT2D eigenvalue weighted by atomic mass is 19.3. The topological polar surface area (TPSA) is 26.0 Å². The van der Waals surface area contributed by atoms with Gasteiger partial charge in [0, 0.05) is 0 Å². The largest absolute Gasteiger partial charge is 0.319 e. The summed E-state index contributed by atoms with van der Waals surface area (Å²) in [5.41, 5.74) is 7.75. The van der Waals surface area contributed by atoms with Crippen molar-refractivity contribution < 1.29 is 8.78 Å². The summed E-state index contributed by atoms with van der Waals surface area (Å²) in [5, 5.41) is 0. The Labute approximate surface area is 76.6 Å². The highest BCUT2D eigenvalue weighted by Gasteiger charge is 2.18. The third kappa shape index (κ3) is 2.25. The van der Waals surface area contributed by atoms with Crippen LogP contribution in [-0.4, -0.2) is 6.43 Å². The maximum Gasteiger partial charge on any atom is 0.257 e. The van der Waals surface area contributed by atoms with Gasteiger partial charge in [0.25, 0.3) is 6.43 Å². The molecule has 0 radical (unpaired) electrons. The smallest absolute Gasteiger partial charge is 0.257 e. The zero-order valence-corrected chi connectivity index (χ0v) is 7.72.